The summed E-state index contributed by atoms with van der Waals surface area (Å²) >= 11 is 0. The van der Waals surface area contributed by atoms with Gasteiger partial charge in [-0.15, -0.1) is 0 Å². The number of Topliss-reactive ketones (excluding diaryl/α,β-unsaturated/α-hetero) is 5. The van der Waals surface area contributed by atoms with E-state index in [0.717, 1.165) is 12.2 Å². The van der Waals surface area contributed by atoms with Gasteiger partial charge in [-0.25, -0.2) is 0 Å². The van der Waals surface area contributed by atoms with Crippen molar-refractivity contribution < 1.29 is 152 Å². The molecule has 0 fully saturated rings. The highest BCUT2D eigenvalue weighted by Crippen LogP contribution is 2.17. The van der Waals surface area contributed by atoms with E-state index in [9.17, 15) is 98.4 Å². The van der Waals surface area contributed by atoms with Crippen molar-refractivity contribution in [2.75, 3.05) is 152 Å². The summed E-state index contributed by atoms with van der Waals surface area (Å²) in [7, 11) is 0. The first-order valence-electron chi connectivity index (χ1n) is 31.5. The minimum Gasteiger partial charge on any atom is -0.481 e. The van der Waals surface area contributed by atoms with Crippen LogP contribution in [0.5, 0.6) is 0 Å². The number of nitrogens with one attached hydrogen (secondary N) is 4. The average molecular weight is 1400 g/mol. The number of hydrogen-bond acceptors (Lipinski definition) is 30. The molecule has 0 radical (unpaired) electrons. The zero-order valence-corrected chi connectivity index (χ0v) is 53.9. The third-order valence-electron chi connectivity index (χ3n) is 14.1. The second kappa shape index (κ2) is 55.7. The van der Waals surface area contributed by atoms with E-state index < -0.39 is 184 Å². The maximum absolute atomic E-state index is 13.1. The topological polar surface area (TPSA) is 553 Å². The second-order valence-corrected chi connectivity index (χ2v) is 22.0. The molecule has 1 heterocycles. The Labute approximate surface area is 561 Å². The van der Waals surface area contributed by atoms with Crippen LogP contribution in [0.2, 0.25) is 0 Å². The molecule has 97 heavy (non-hydrogen) atoms. The Morgan fingerprint density at radius 3 is 1.20 bits per heavy atom. The Balaban J connectivity index is 0.0000922. The number of rotatable bonds is 64. The van der Waals surface area contributed by atoms with E-state index in [1.54, 1.807) is 0 Å². The summed E-state index contributed by atoms with van der Waals surface area (Å²) in [5, 5.41) is 115. The van der Waals surface area contributed by atoms with Gasteiger partial charge in [0.1, 0.15) is 48.2 Å². The fraction of sp³-hybridized carbons (Fsp3) is 0.770. The number of aliphatic hydroxyl groups is 10. The zero-order valence-electron chi connectivity index (χ0n) is 53.9. The van der Waals surface area contributed by atoms with E-state index in [-0.39, 0.29) is 111 Å². The summed E-state index contributed by atoms with van der Waals surface area (Å²) < 4.78 is 43.7. The van der Waals surface area contributed by atoms with Crippen LogP contribution in [0.1, 0.15) is 90.9 Å². The highest BCUT2D eigenvalue weighted by molar-refractivity contribution is 6.14. The second-order valence-electron chi connectivity index (χ2n) is 22.0. The maximum Gasteiger partial charge on any atom is 0.303 e. The molecule has 0 unspecified atom stereocenters. The van der Waals surface area contributed by atoms with E-state index >= 15 is 0 Å². The molecule has 0 bridgehead atoms. The number of carbonyl (C=O) groups is 12. The van der Waals surface area contributed by atoms with Crippen molar-refractivity contribution in [1.82, 2.24) is 26.2 Å². The van der Waals surface area contributed by atoms with Crippen LogP contribution in [-0.4, -0.2) is 332 Å². The summed E-state index contributed by atoms with van der Waals surface area (Å²) in [6.45, 7) is -0.298. The Kier molecular flexibility index (Phi) is 52.2. The minimum atomic E-state index is -1.98. The van der Waals surface area contributed by atoms with Crippen LogP contribution < -0.4 is 21.3 Å². The molecule has 0 saturated heterocycles. The number of carboxylic acid groups (broad SMARTS) is 1. The monoisotopic (exact) mass is 1400 g/mol. The van der Waals surface area contributed by atoms with Gasteiger partial charge in [0, 0.05) is 108 Å². The number of aliphatic carboxylic acids is 1. The van der Waals surface area contributed by atoms with Crippen LogP contribution in [0, 0.1) is 11.8 Å². The lowest BCUT2D eigenvalue weighted by atomic mass is 9.94. The van der Waals surface area contributed by atoms with Gasteiger partial charge in [-0.05, 0) is 19.3 Å². The highest BCUT2D eigenvalue weighted by atomic mass is 16.6. The molecule has 0 aliphatic carbocycles. The summed E-state index contributed by atoms with van der Waals surface area (Å²) in [6, 6.07) is 0. The van der Waals surface area contributed by atoms with Crippen molar-refractivity contribution in [2.24, 2.45) is 11.8 Å². The molecule has 0 spiro atoms. The quantitative estimate of drug-likeness (QED) is 0.0199. The third-order valence-corrected chi connectivity index (χ3v) is 14.1. The average Bonchev–Trinajstić information content (AvgIpc) is 1.81. The van der Waals surface area contributed by atoms with Gasteiger partial charge >= 0.3 is 5.97 Å². The Bertz CT molecular complexity index is 2350. The molecule has 36 heteroatoms. The number of ketones is 5. The fourth-order valence-corrected chi connectivity index (χ4v) is 8.41. The largest absolute Gasteiger partial charge is 0.481 e. The standard InChI is InChI=1S/C60H99N5O31.CH4/c66-37-48(75)57(85)55(83)46(73)34-62-50(77)8-3-39(60(88)64-35-47(74)56(84)58(86)49(76)38-67)30-42(69)13-15-90-17-19-92-21-23-94-25-27-96-29-28-95-26-24-93-22-20-91-18-16-89-14-1-2-41(68)5-6-43(70)32-61-51(78)9-7-44(71)33-63-59(87)40(4-12-54(81)82)31-45(72)36-65-52(79)10-11-53(65)80;/h10-11,39-40,46-49,55-58,66-67,73-76,83-86H,1-9,12-38H2,(H,61,78)(H,62,77)(H,63,87)(H,64,88)(H,81,82);1H4/t39-,40-,46+,47+,48-,49-,55-,56-,57-,58-;/m1./s1. The van der Waals surface area contributed by atoms with E-state index in [1.165, 1.54) is 0 Å². The van der Waals surface area contributed by atoms with Gasteiger partial charge in [0.05, 0.1) is 144 Å². The van der Waals surface area contributed by atoms with Crippen LogP contribution in [0.25, 0.3) is 0 Å². The van der Waals surface area contributed by atoms with Crippen LogP contribution in [0.4, 0.5) is 0 Å². The summed E-state index contributed by atoms with van der Waals surface area (Å²) in [5.74, 6) is -10.2. The van der Waals surface area contributed by atoms with E-state index in [4.69, 9.17) is 53.2 Å². The lowest BCUT2D eigenvalue weighted by Gasteiger charge is -2.26. The molecule has 6 amide bonds. The smallest absolute Gasteiger partial charge is 0.303 e. The number of aliphatic hydroxyl groups excluding tert-OH is 10. The lowest BCUT2D eigenvalue weighted by Crippen LogP contribution is -2.50. The molecule has 1 aliphatic rings. The number of carbonyl (C=O) groups excluding carboxylic acids is 11. The third kappa shape index (κ3) is 44.5. The molecule has 1 aliphatic heterocycles. The molecule has 15 N–H and O–H groups in total. The van der Waals surface area contributed by atoms with E-state index in [2.05, 4.69) is 21.3 Å². The summed E-state index contributed by atoms with van der Waals surface area (Å²) in [5.41, 5.74) is 0. The number of hydrogen-bond donors (Lipinski definition) is 15. The predicted octanol–water partition coefficient (Wildman–Crippen LogP) is -6.75. The van der Waals surface area contributed by atoms with Crippen molar-refractivity contribution >= 4 is 70.3 Å². The van der Waals surface area contributed by atoms with Crippen molar-refractivity contribution in [2.45, 2.75) is 140 Å². The van der Waals surface area contributed by atoms with Gasteiger partial charge in [0.15, 0.2) is 17.3 Å². The normalized spacial score (nSPS) is 15.2. The van der Waals surface area contributed by atoms with Crippen molar-refractivity contribution in [3.05, 3.63) is 12.2 Å². The van der Waals surface area contributed by atoms with Gasteiger partial charge in [0.25, 0.3) is 11.8 Å². The van der Waals surface area contributed by atoms with E-state index in [0.29, 0.717) is 84.0 Å². The predicted molar refractivity (Wildman–Crippen MR) is 333 cm³/mol. The van der Waals surface area contributed by atoms with Gasteiger partial charge in [-0.3, -0.25) is 62.4 Å². The molecule has 36 nitrogen and oxygen atoms in total. The van der Waals surface area contributed by atoms with Gasteiger partial charge in [-0.2, -0.15) is 0 Å². The summed E-state index contributed by atoms with van der Waals surface area (Å²) in [4.78, 5) is 148. The first-order valence-corrected chi connectivity index (χ1v) is 31.5. The van der Waals surface area contributed by atoms with Crippen LogP contribution in [0.3, 0.4) is 0 Å². The first kappa shape index (κ1) is 90.9. The van der Waals surface area contributed by atoms with Crippen molar-refractivity contribution in [3.63, 3.8) is 0 Å². The highest BCUT2D eigenvalue weighted by Gasteiger charge is 2.34. The lowest BCUT2D eigenvalue weighted by molar-refractivity contribution is -0.141. The number of nitrogens with zero attached hydrogens (tertiary/aromatic N) is 1. The van der Waals surface area contributed by atoms with E-state index in [1.807, 2.05) is 0 Å². The molecular weight excluding hydrogens is 1300 g/mol. The number of ether oxygens (including phenoxy) is 8. The molecule has 0 aromatic rings. The van der Waals surface area contributed by atoms with Crippen LogP contribution in [0.15, 0.2) is 12.2 Å². The minimum absolute atomic E-state index is 0. The molecule has 1 rings (SSSR count). The fourth-order valence-electron chi connectivity index (χ4n) is 8.41. The molecule has 558 valence electrons. The van der Waals surface area contributed by atoms with Gasteiger partial charge in [0.2, 0.25) is 23.6 Å². The number of imide groups is 1. The number of amides is 6. The SMILES string of the molecule is C.O=C(O)CC[C@H](CC(=O)CN1C(=O)C=CC1=O)C(=O)NCC(=O)CCC(=O)NCC(=O)CCC(=O)CCCOCCOCCOCCOCCOCCOCCOCCOCCC(=O)C[C@@H](CCC(=O)NC[C@H](O)[C@@H](O)[C@H](O)[C@H](O)CO)C(=O)NC[C@H](O)[C@@H](O)[C@H](O)[C@H](O)CO. The molecule has 0 aromatic heterocycles. The molecule has 0 saturated carbocycles. The first-order chi connectivity index (χ1) is 45.8. The molecule has 10 atom stereocenters. The zero-order chi connectivity index (χ0) is 71.6. The molecular formula is C61H103N5O31. The Morgan fingerprint density at radius 2 is 0.742 bits per heavy atom. The Morgan fingerprint density at radius 1 is 0.381 bits per heavy atom. The molecule has 0 aromatic carbocycles. The van der Waals surface area contributed by atoms with Crippen LogP contribution >= 0.6 is 0 Å². The van der Waals surface area contributed by atoms with Crippen molar-refractivity contribution in [3.8, 4) is 0 Å². The van der Waals surface area contributed by atoms with Crippen LogP contribution in [-0.2, 0) is 95.4 Å². The van der Waals surface area contributed by atoms with Gasteiger partial charge < -0.3 is 115 Å². The Hall–Kier alpha value is -6.14. The maximum atomic E-state index is 13.1. The van der Waals surface area contributed by atoms with Gasteiger partial charge in [-0.1, -0.05) is 7.43 Å². The number of carboxylic acids is 1. The van der Waals surface area contributed by atoms with Crippen molar-refractivity contribution in [1.29, 1.82) is 0 Å². The summed E-state index contributed by atoms with van der Waals surface area (Å²) in [6.07, 6.45) is -15.4.